The zero-order valence-electron chi connectivity index (χ0n) is 8.38. The number of rotatable bonds is 0. The summed E-state index contributed by atoms with van der Waals surface area (Å²) < 4.78 is 0. The summed E-state index contributed by atoms with van der Waals surface area (Å²) in [5.41, 5.74) is 0.509. The topological polar surface area (TPSA) is 17.1 Å². The molecule has 0 aliphatic heterocycles. The van der Waals surface area contributed by atoms with Crippen molar-refractivity contribution < 1.29 is 4.79 Å². The molecule has 72 valence electrons. The molecular weight excluding hydrogens is 160 g/mol. The predicted molar refractivity (Wildman–Crippen MR) is 51.3 cm³/mol. The zero-order valence-corrected chi connectivity index (χ0v) is 8.38. The van der Waals surface area contributed by atoms with E-state index in [4.69, 9.17) is 0 Å². The first-order valence-electron chi connectivity index (χ1n) is 5.78. The molecule has 0 bridgehead atoms. The largest absolute Gasteiger partial charge is 0.299 e. The second-order valence-electron chi connectivity index (χ2n) is 5.38. The maximum absolute atomic E-state index is 11.7. The van der Waals surface area contributed by atoms with Crippen molar-refractivity contribution in [3.8, 4) is 0 Å². The first-order chi connectivity index (χ1) is 6.25. The van der Waals surface area contributed by atoms with Gasteiger partial charge >= 0.3 is 0 Å². The Balaban J connectivity index is 1.98. The van der Waals surface area contributed by atoms with E-state index in [1.807, 2.05) is 0 Å². The van der Waals surface area contributed by atoms with Gasteiger partial charge in [0, 0.05) is 12.3 Å². The van der Waals surface area contributed by atoms with Gasteiger partial charge in [-0.2, -0.15) is 0 Å². The van der Waals surface area contributed by atoms with Crippen LogP contribution in [0.25, 0.3) is 0 Å². The van der Waals surface area contributed by atoms with Crippen LogP contribution in [0.4, 0.5) is 0 Å². The van der Waals surface area contributed by atoms with Crippen molar-refractivity contribution in [1.29, 1.82) is 0 Å². The third kappa shape index (κ3) is 0.769. The highest BCUT2D eigenvalue weighted by Crippen LogP contribution is 2.66. The smallest absolute Gasteiger partial charge is 0.136 e. The molecule has 1 spiro atoms. The van der Waals surface area contributed by atoms with E-state index < -0.39 is 0 Å². The van der Waals surface area contributed by atoms with E-state index in [9.17, 15) is 4.79 Å². The molecular formula is C12H18O. The lowest BCUT2D eigenvalue weighted by Gasteiger charge is -2.56. The summed E-state index contributed by atoms with van der Waals surface area (Å²) in [6, 6.07) is 0. The molecule has 4 unspecified atom stereocenters. The summed E-state index contributed by atoms with van der Waals surface area (Å²) in [7, 11) is 0. The van der Waals surface area contributed by atoms with E-state index in [1.165, 1.54) is 32.1 Å². The third-order valence-electron chi connectivity index (χ3n) is 5.27. The quantitative estimate of drug-likeness (QED) is 0.557. The Kier molecular flexibility index (Phi) is 1.46. The summed E-state index contributed by atoms with van der Waals surface area (Å²) in [5.74, 6) is 2.83. The Hall–Kier alpha value is -0.330. The van der Waals surface area contributed by atoms with E-state index in [2.05, 4.69) is 6.92 Å². The molecule has 0 amide bonds. The van der Waals surface area contributed by atoms with Crippen LogP contribution in [0.3, 0.4) is 0 Å². The van der Waals surface area contributed by atoms with Crippen LogP contribution in [0, 0.1) is 23.2 Å². The number of carbonyl (C=O) groups is 1. The van der Waals surface area contributed by atoms with Gasteiger partial charge in [-0.15, -0.1) is 0 Å². The number of hydrogen-bond acceptors (Lipinski definition) is 1. The van der Waals surface area contributed by atoms with Gasteiger partial charge in [0.05, 0.1) is 0 Å². The zero-order chi connectivity index (χ0) is 9.05. The van der Waals surface area contributed by atoms with Gasteiger partial charge in [-0.3, -0.25) is 4.79 Å². The number of Topliss-reactive ketones (excluding diaryl/α,β-unsaturated/α-hetero) is 1. The highest BCUT2D eigenvalue weighted by Gasteiger charge is 2.61. The fourth-order valence-electron chi connectivity index (χ4n) is 4.46. The molecule has 0 saturated heterocycles. The maximum Gasteiger partial charge on any atom is 0.136 e. The first kappa shape index (κ1) is 8.02. The Labute approximate surface area is 79.9 Å². The fourth-order valence-corrected chi connectivity index (χ4v) is 4.46. The van der Waals surface area contributed by atoms with Gasteiger partial charge in [-0.05, 0) is 49.4 Å². The molecule has 0 heterocycles. The minimum atomic E-state index is 0.490. The van der Waals surface area contributed by atoms with Crippen molar-refractivity contribution in [2.75, 3.05) is 0 Å². The average Bonchev–Trinajstić information content (AvgIpc) is 2.38. The van der Waals surface area contributed by atoms with Gasteiger partial charge in [-0.1, -0.05) is 6.92 Å². The second-order valence-corrected chi connectivity index (χ2v) is 5.38. The van der Waals surface area contributed by atoms with Crippen LogP contribution in [0.5, 0.6) is 0 Å². The van der Waals surface area contributed by atoms with Crippen molar-refractivity contribution in [3.05, 3.63) is 0 Å². The molecule has 13 heavy (non-hydrogen) atoms. The van der Waals surface area contributed by atoms with E-state index in [1.54, 1.807) is 0 Å². The van der Waals surface area contributed by atoms with Gasteiger partial charge in [0.2, 0.25) is 0 Å². The van der Waals surface area contributed by atoms with Gasteiger partial charge in [0.25, 0.3) is 0 Å². The Bertz CT molecular complexity index is 258. The molecule has 0 radical (unpaired) electrons. The van der Waals surface area contributed by atoms with E-state index >= 15 is 0 Å². The Morgan fingerprint density at radius 2 is 2.08 bits per heavy atom. The standard InChI is InChI=1S/C12H18O/c1-8-2-3-9-4-5-11(13)10-6-7-12(8,9)10/h8-10H,2-7H2,1H3. The fraction of sp³-hybridized carbons (Fsp3) is 0.917. The molecule has 0 aromatic rings. The van der Waals surface area contributed by atoms with Crippen LogP contribution in [0.1, 0.15) is 45.4 Å². The minimum Gasteiger partial charge on any atom is -0.299 e. The van der Waals surface area contributed by atoms with E-state index in [-0.39, 0.29) is 0 Å². The first-order valence-corrected chi connectivity index (χ1v) is 5.78. The average molecular weight is 178 g/mol. The van der Waals surface area contributed by atoms with Crippen LogP contribution in [-0.2, 0) is 4.79 Å². The molecule has 4 atom stereocenters. The number of carbonyl (C=O) groups excluding carboxylic acids is 1. The number of hydrogen-bond donors (Lipinski definition) is 0. The van der Waals surface area contributed by atoms with Crippen LogP contribution >= 0.6 is 0 Å². The third-order valence-corrected chi connectivity index (χ3v) is 5.27. The lowest BCUT2D eigenvalue weighted by molar-refractivity contribution is -0.148. The highest BCUT2D eigenvalue weighted by atomic mass is 16.1. The Morgan fingerprint density at radius 3 is 2.77 bits per heavy atom. The molecule has 0 aromatic carbocycles. The maximum atomic E-state index is 11.7. The second kappa shape index (κ2) is 2.37. The van der Waals surface area contributed by atoms with Crippen molar-refractivity contribution in [2.45, 2.75) is 45.4 Å². The molecule has 3 rings (SSSR count). The summed E-state index contributed by atoms with van der Waals surface area (Å²) in [5, 5.41) is 0. The van der Waals surface area contributed by atoms with Crippen molar-refractivity contribution >= 4 is 5.78 Å². The van der Waals surface area contributed by atoms with Crippen LogP contribution in [0.15, 0.2) is 0 Å². The predicted octanol–water partition coefficient (Wildman–Crippen LogP) is 2.79. The summed E-state index contributed by atoms with van der Waals surface area (Å²) >= 11 is 0. The summed E-state index contributed by atoms with van der Waals surface area (Å²) in [6.07, 6.45) is 7.46. The van der Waals surface area contributed by atoms with Gasteiger partial charge in [0.1, 0.15) is 5.78 Å². The summed E-state index contributed by atoms with van der Waals surface area (Å²) in [6.45, 7) is 2.38. The lowest BCUT2D eigenvalue weighted by atomic mass is 9.47. The molecule has 3 fully saturated rings. The van der Waals surface area contributed by atoms with Crippen molar-refractivity contribution in [3.63, 3.8) is 0 Å². The highest BCUT2D eigenvalue weighted by molar-refractivity contribution is 5.84. The van der Waals surface area contributed by atoms with Crippen LogP contribution < -0.4 is 0 Å². The van der Waals surface area contributed by atoms with Crippen LogP contribution in [0.2, 0.25) is 0 Å². The van der Waals surface area contributed by atoms with E-state index in [0.29, 0.717) is 17.1 Å². The molecule has 3 saturated carbocycles. The summed E-state index contributed by atoms with van der Waals surface area (Å²) in [4.78, 5) is 11.7. The molecule has 1 heteroatoms. The lowest BCUT2D eigenvalue weighted by Crippen LogP contribution is -2.53. The van der Waals surface area contributed by atoms with Crippen molar-refractivity contribution in [2.24, 2.45) is 23.2 Å². The monoisotopic (exact) mass is 178 g/mol. The molecule has 3 aliphatic rings. The van der Waals surface area contributed by atoms with Gasteiger partial charge < -0.3 is 0 Å². The van der Waals surface area contributed by atoms with E-state index in [0.717, 1.165) is 18.3 Å². The molecule has 3 aliphatic carbocycles. The number of ketones is 1. The normalized spacial score (nSPS) is 53.9. The van der Waals surface area contributed by atoms with Gasteiger partial charge in [-0.25, -0.2) is 0 Å². The Morgan fingerprint density at radius 1 is 1.23 bits per heavy atom. The molecule has 0 aromatic heterocycles. The molecule has 0 N–H and O–H groups in total. The van der Waals surface area contributed by atoms with Crippen LogP contribution in [-0.4, -0.2) is 5.78 Å². The van der Waals surface area contributed by atoms with Crippen molar-refractivity contribution in [1.82, 2.24) is 0 Å². The van der Waals surface area contributed by atoms with Gasteiger partial charge in [0.15, 0.2) is 0 Å². The molecule has 1 nitrogen and oxygen atoms in total. The minimum absolute atomic E-state index is 0.490. The SMILES string of the molecule is CC1CCC2CCC(=O)C3CCC123.